The predicted molar refractivity (Wildman–Crippen MR) is 126 cm³/mol. The molecule has 5 nitrogen and oxygen atoms in total. The van der Waals surface area contributed by atoms with Crippen molar-refractivity contribution >= 4 is 11.6 Å². The number of carbonyl (C=O) groups is 1. The van der Waals surface area contributed by atoms with Crippen molar-refractivity contribution in [1.29, 1.82) is 0 Å². The van der Waals surface area contributed by atoms with E-state index in [9.17, 15) is 4.79 Å². The molecular weight excluding hydrogens is 386 g/mol. The topological polar surface area (TPSA) is 44.8 Å². The predicted octanol–water partition coefficient (Wildman–Crippen LogP) is 4.64. The molecule has 2 saturated heterocycles. The van der Waals surface area contributed by atoms with Crippen LogP contribution in [0.3, 0.4) is 0 Å². The molecular formula is C26H35N3O2. The lowest BCUT2D eigenvalue weighted by Crippen LogP contribution is -2.35. The number of hydrogen-bond acceptors (Lipinski definition) is 4. The molecule has 2 fully saturated rings. The molecule has 166 valence electrons. The maximum atomic E-state index is 12.6. The molecule has 2 aromatic carbocycles. The van der Waals surface area contributed by atoms with E-state index in [0.717, 1.165) is 49.8 Å². The Hall–Kier alpha value is -2.37. The van der Waals surface area contributed by atoms with Crippen LogP contribution in [0.5, 0.6) is 5.75 Å². The van der Waals surface area contributed by atoms with Crippen molar-refractivity contribution in [2.75, 3.05) is 38.5 Å². The Kier molecular flexibility index (Phi) is 7.25. The van der Waals surface area contributed by atoms with Crippen molar-refractivity contribution in [3.63, 3.8) is 0 Å². The van der Waals surface area contributed by atoms with E-state index in [1.54, 1.807) is 0 Å². The summed E-state index contributed by atoms with van der Waals surface area (Å²) in [7, 11) is 2.15. The summed E-state index contributed by atoms with van der Waals surface area (Å²) in [6.07, 6.45) is 5.01. The van der Waals surface area contributed by atoms with E-state index < -0.39 is 0 Å². The third kappa shape index (κ3) is 6.31. The van der Waals surface area contributed by atoms with Crippen molar-refractivity contribution < 1.29 is 9.53 Å². The van der Waals surface area contributed by atoms with Gasteiger partial charge in [-0.2, -0.15) is 0 Å². The van der Waals surface area contributed by atoms with Crippen molar-refractivity contribution in [1.82, 2.24) is 9.80 Å². The molecule has 0 saturated carbocycles. The molecule has 0 spiro atoms. The Labute approximate surface area is 186 Å². The minimum Gasteiger partial charge on any atom is -0.490 e. The van der Waals surface area contributed by atoms with E-state index in [0.29, 0.717) is 5.56 Å². The molecule has 0 radical (unpaired) electrons. The Bertz CT molecular complexity index is 842. The van der Waals surface area contributed by atoms with Gasteiger partial charge in [-0.1, -0.05) is 19.1 Å². The second-order valence-electron chi connectivity index (χ2n) is 9.28. The third-order valence-corrected chi connectivity index (χ3v) is 6.44. The standard InChI is InChI=1S/C26H35N3O2/c1-20-4-3-15-29(18-20)19-21-5-7-22(8-6-21)26(30)27-23-9-11-24(12-10-23)31-25-13-16-28(2)17-14-25/h5-12,20,25H,3-4,13-19H2,1-2H3,(H,27,30). The minimum atomic E-state index is -0.0814. The van der Waals surface area contributed by atoms with Gasteiger partial charge in [-0.3, -0.25) is 9.69 Å². The van der Waals surface area contributed by atoms with Crippen LogP contribution >= 0.6 is 0 Å². The van der Waals surface area contributed by atoms with Gasteiger partial charge in [0.1, 0.15) is 11.9 Å². The number of piperidine rings is 2. The first kappa shape index (κ1) is 21.8. The molecule has 0 aromatic heterocycles. The zero-order valence-corrected chi connectivity index (χ0v) is 18.8. The summed E-state index contributed by atoms with van der Waals surface area (Å²) in [4.78, 5) is 17.5. The molecule has 1 atom stereocenters. The van der Waals surface area contributed by atoms with Gasteiger partial charge in [0.05, 0.1) is 0 Å². The molecule has 2 aliphatic heterocycles. The molecule has 1 unspecified atom stereocenters. The summed E-state index contributed by atoms with van der Waals surface area (Å²) >= 11 is 0. The summed E-state index contributed by atoms with van der Waals surface area (Å²) in [5.74, 6) is 1.56. The molecule has 2 heterocycles. The summed E-state index contributed by atoms with van der Waals surface area (Å²) in [6, 6.07) is 15.7. The Morgan fingerprint density at radius 2 is 1.71 bits per heavy atom. The SMILES string of the molecule is CC1CCCN(Cc2ccc(C(=O)Nc3ccc(OC4CCN(C)CC4)cc3)cc2)C1. The second kappa shape index (κ2) is 10.3. The fourth-order valence-corrected chi connectivity index (χ4v) is 4.57. The molecule has 0 bridgehead atoms. The maximum absolute atomic E-state index is 12.6. The van der Waals surface area contributed by atoms with Crippen molar-refractivity contribution in [3.8, 4) is 5.75 Å². The molecule has 1 N–H and O–H groups in total. The quantitative estimate of drug-likeness (QED) is 0.738. The minimum absolute atomic E-state index is 0.0814. The lowest BCUT2D eigenvalue weighted by atomic mass is 9.99. The van der Waals surface area contributed by atoms with Crippen molar-refractivity contribution in [2.45, 2.75) is 45.3 Å². The van der Waals surface area contributed by atoms with E-state index in [2.05, 4.69) is 41.2 Å². The largest absolute Gasteiger partial charge is 0.490 e. The number of hydrogen-bond donors (Lipinski definition) is 1. The Morgan fingerprint density at radius 3 is 2.39 bits per heavy atom. The molecule has 4 rings (SSSR count). The first-order valence-electron chi connectivity index (χ1n) is 11.6. The number of likely N-dealkylation sites (tertiary alicyclic amines) is 2. The van der Waals surface area contributed by atoms with E-state index in [-0.39, 0.29) is 12.0 Å². The lowest BCUT2D eigenvalue weighted by Gasteiger charge is -2.30. The van der Waals surface area contributed by atoms with Crippen LogP contribution in [-0.4, -0.2) is 55.0 Å². The van der Waals surface area contributed by atoms with E-state index in [4.69, 9.17) is 4.74 Å². The maximum Gasteiger partial charge on any atom is 0.255 e. The molecule has 31 heavy (non-hydrogen) atoms. The highest BCUT2D eigenvalue weighted by Crippen LogP contribution is 2.22. The van der Waals surface area contributed by atoms with Crippen molar-refractivity contribution in [2.24, 2.45) is 5.92 Å². The van der Waals surface area contributed by atoms with Gasteiger partial charge in [-0.25, -0.2) is 0 Å². The van der Waals surface area contributed by atoms with Gasteiger partial charge >= 0.3 is 0 Å². The monoisotopic (exact) mass is 421 g/mol. The fourth-order valence-electron chi connectivity index (χ4n) is 4.57. The van der Waals surface area contributed by atoms with Gasteiger partial charge in [0, 0.05) is 37.4 Å². The average Bonchev–Trinajstić information content (AvgIpc) is 2.77. The van der Waals surface area contributed by atoms with E-state index in [1.807, 2.05) is 36.4 Å². The third-order valence-electron chi connectivity index (χ3n) is 6.44. The van der Waals surface area contributed by atoms with Gasteiger partial charge in [-0.05, 0) is 87.2 Å². The number of anilines is 1. The smallest absolute Gasteiger partial charge is 0.255 e. The highest BCUT2D eigenvalue weighted by molar-refractivity contribution is 6.04. The van der Waals surface area contributed by atoms with Crippen LogP contribution < -0.4 is 10.1 Å². The van der Waals surface area contributed by atoms with Crippen LogP contribution in [0.25, 0.3) is 0 Å². The molecule has 2 aromatic rings. The Balaban J connectivity index is 1.27. The van der Waals surface area contributed by atoms with E-state index >= 15 is 0 Å². The van der Waals surface area contributed by atoms with Crippen LogP contribution in [0.15, 0.2) is 48.5 Å². The lowest BCUT2D eigenvalue weighted by molar-refractivity contribution is 0.102. The van der Waals surface area contributed by atoms with Gasteiger partial charge in [0.15, 0.2) is 0 Å². The summed E-state index contributed by atoms with van der Waals surface area (Å²) < 4.78 is 6.09. The van der Waals surface area contributed by atoms with Gasteiger partial charge in [-0.15, -0.1) is 0 Å². The number of benzene rings is 2. The first-order valence-corrected chi connectivity index (χ1v) is 11.6. The summed E-state index contributed by atoms with van der Waals surface area (Å²) in [5, 5.41) is 2.99. The van der Waals surface area contributed by atoms with Crippen LogP contribution in [0, 0.1) is 5.92 Å². The molecule has 5 heteroatoms. The van der Waals surface area contributed by atoms with Crippen molar-refractivity contribution in [3.05, 3.63) is 59.7 Å². The van der Waals surface area contributed by atoms with Crippen LogP contribution in [-0.2, 0) is 6.54 Å². The second-order valence-corrected chi connectivity index (χ2v) is 9.28. The number of ether oxygens (including phenoxy) is 1. The van der Waals surface area contributed by atoms with Gasteiger partial charge in [0.2, 0.25) is 0 Å². The van der Waals surface area contributed by atoms with Gasteiger partial charge in [0.25, 0.3) is 5.91 Å². The first-order chi connectivity index (χ1) is 15.0. The molecule has 1 amide bonds. The summed E-state index contributed by atoms with van der Waals surface area (Å²) in [5.41, 5.74) is 2.73. The van der Waals surface area contributed by atoms with Crippen LogP contribution in [0.1, 0.15) is 48.5 Å². The highest BCUT2D eigenvalue weighted by atomic mass is 16.5. The Morgan fingerprint density at radius 1 is 1.00 bits per heavy atom. The van der Waals surface area contributed by atoms with E-state index in [1.165, 1.54) is 31.5 Å². The summed E-state index contributed by atoms with van der Waals surface area (Å²) in [6.45, 7) is 7.78. The highest BCUT2D eigenvalue weighted by Gasteiger charge is 2.18. The number of rotatable bonds is 6. The molecule has 2 aliphatic rings. The number of nitrogens with zero attached hydrogens (tertiary/aromatic N) is 2. The normalized spacial score (nSPS) is 21.0. The number of nitrogens with one attached hydrogen (secondary N) is 1. The van der Waals surface area contributed by atoms with Crippen LogP contribution in [0.4, 0.5) is 5.69 Å². The zero-order valence-electron chi connectivity index (χ0n) is 18.8. The van der Waals surface area contributed by atoms with Crippen LogP contribution in [0.2, 0.25) is 0 Å². The fraction of sp³-hybridized carbons (Fsp3) is 0.500. The number of carbonyl (C=O) groups excluding carboxylic acids is 1. The zero-order chi connectivity index (χ0) is 21.6. The average molecular weight is 422 g/mol. The van der Waals surface area contributed by atoms with Gasteiger partial charge < -0.3 is 15.0 Å². The number of amides is 1. The molecule has 0 aliphatic carbocycles.